The van der Waals surface area contributed by atoms with Crippen molar-refractivity contribution >= 4 is 28.6 Å². The molecule has 0 radical (unpaired) electrons. The maximum absolute atomic E-state index is 12.9. The van der Waals surface area contributed by atoms with Gasteiger partial charge in [-0.2, -0.15) is 0 Å². The van der Waals surface area contributed by atoms with Crippen molar-refractivity contribution < 1.29 is 23.5 Å². The van der Waals surface area contributed by atoms with Crippen molar-refractivity contribution in [1.82, 2.24) is 10.6 Å². The minimum Gasteiger partial charge on any atom is -0.451 e. The topological polar surface area (TPSA) is 84.5 Å². The smallest absolute Gasteiger partial charge is 0.326 e. The van der Waals surface area contributed by atoms with Crippen molar-refractivity contribution in [3.05, 3.63) is 83.7 Å². The Labute approximate surface area is 179 Å². The predicted molar refractivity (Wildman–Crippen MR) is 115 cm³/mol. The fourth-order valence-corrected chi connectivity index (χ4v) is 3.00. The number of benzene rings is 3. The largest absolute Gasteiger partial charge is 0.451 e. The summed E-state index contributed by atoms with van der Waals surface area (Å²) in [5.41, 5.74) is 1.31. The van der Waals surface area contributed by atoms with Gasteiger partial charge in [0.2, 0.25) is 0 Å². The maximum Gasteiger partial charge on any atom is 0.326 e. The molecule has 31 heavy (non-hydrogen) atoms. The van der Waals surface area contributed by atoms with Gasteiger partial charge in [-0.25, -0.2) is 4.39 Å². The summed E-state index contributed by atoms with van der Waals surface area (Å²) in [4.78, 5) is 36.3. The lowest BCUT2D eigenvalue weighted by molar-refractivity contribution is -0.153. The van der Waals surface area contributed by atoms with Crippen LogP contribution in [0.5, 0.6) is 0 Å². The molecule has 0 fully saturated rings. The molecule has 3 rings (SSSR count). The van der Waals surface area contributed by atoms with Crippen LogP contribution in [0, 0.1) is 5.82 Å². The number of halogens is 1. The Morgan fingerprint density at radius 2 is 1.65 bits per heavy atom. The number of carbonyl (C=O) groups is 3. The number of hydrogen-bond donors (Lipinski definition) is 2. The summed E-state index contributed by atoms with van der Waals surface area (Å²) in [7, 11) is 0. The van der Waals surface area contributed by atoms with E-state index >= 15 is 0 Å². The summed E-state index contributed by atoms with van der Waals surface area (Å²) in [5.74, 6) is -1.88. The maximum atomic E-state index is 12.9. The van der Waals surface area contributed by atoms with Crippen molar-refractivity contribution in [3.63, 3.8) is 0 Å². The normalized spacial score (nSPS) is 11.5. The Kier molecular flexibility index (Phi) is 7.32. The second-order valence-corrected chi connectivity index (χ2v) is 7.04. The average molecular weight is 422 g/mol. The Morgan fingerprint density at radius 1 is 0.935 bits per heavy atom. The van der Waals surface area contributed by atoms with E-state index in [1.807, 2.05) is 30.3 Å². The van der Waals surface area contributed by atoms with E-state index in [2.05, 4.69) is 10.6 Å². The molecule has 3 aromatic rings. The molecule has 0 saturated carbocycles. The molecule has 0 aromatic heterocycles. The molecule has 0 aliphatic carbocycles. The highest BCUT2D eigenvalue weighted by molar-refractivity contribution is 5.99. The number of amides is 2. The van der Waals surface area contributed by atoms with Gasteiger partial charge in [0.05, 0.1) is 0 Å². The van der Waals surface area contributed by atoms with E-state index in [0.717, 1.165) is 16.3 Å². The molecule has 1 atom stereocenters. The highest BCUT2D eigenvalue weighted by Crippen LogP contribution is 2.15. The van der Waals surface area contributed by atoms with Gasteiger partial charge in [0, 0.05) is 12.1 Å². The summed E-state index contributed by atoms with van der Waals surface area (Å²) >= 11 is 0. The molecule has 0 bridgehead atoms. The summed E-state index contributed by atoms with van der Waals surface area (Å²) in [6, 6.07) is 18.9. The van der Waals surface area contributed by atoms with Crippen molar-refractivity contribution in [2.45, 2.75) is 19.4 Å². The molecule has 0 heterocycles. The van der Waals surface area contributed by atoms with Crippen LogP contribution in [0.1, 0.15) is 22.8 Å². The van der Waals surface area contributed by atoms with Crippen LogP contribution in [0.2, 0.25) is 0 Å². The SMILES string of the molecule is C[C@H](OC(=O)CNC(=O)c1ccc2ccccc2c1)C(=O)NCCc1ccc(F)cc1. The zero-order chi connectivity index (χ0) is 22.2. The van der Waals surface area contributed by atoms with Gasteiger partial charge in [-0.15, -0.1) is 0 Å². The third kappa shape index (κ3) is 6.37. The lowest BCUT2D eigenvalue weighted by Gasteiger charge is -2.14. The minimum atomic E-state index is -1.00. The molecule has 7 heteroatoms. The first kappa shape index (κ1) is 22.0. The van der Waals surface area contributed by atoms with Crippen LogP contribution in [0.15, 0.2) is 66.7 Å². The summed E-state index contributed by atoms with van der Waals surface area (Å²) < 4.78 is 18.0. The monoisotopic (exact) mass is 422 g/mol. The molecule has 6 nitrogen and oxygen atoms in total. The van der Waals surface area contributed by atoms with Crippen LogP contribution >= 0.6 is 0 Å². The molecule has 2 amide bonds. The van der Waals surface area contributed by atoms with Gasteiger partial charge in [0.25, 0.3) is 11.8 Å². The first-order valence-electron chi connectivity index (χ1n) is 9.91. The lowest BCUT2D eigenvalue weighted by atomic mass is 10.1. The van der Waals surface area contributed by atoms with Crippen molar-refractivity contribution in [2.75, 3.05) is 13.1 Å². The average Bonchev–Trinajstić information content (AvgIpc) is 2.78. The number of esters is 1. The van der Waals surface area contributed by atoms with E-state index in [-0.39, 0.29) is 12.4 Å². The van der Waals surface area contributed by atoms with Crippen LogP contribution in [-0.4, -0.2) is 37.0 Å². The zero-order valence-corrected chi connectivity index (χ0v) is 17.1. The lowest BCUT2D eigenvalue weighted by Crippen LogP contribution is -2.39. The molecular weight excluding hydrogens is 399 g/mol. The van der Waals surface area contributed by atoms with Gasteiger partial charge in [-0.05, 0) is 53.9 Å². The third-order valence-corrected chi connectivity index (χ3v) is 4.71. The van der Waals surface area contributed by atoms with Crippen LogP contribution in [-0.2, 0) is 20.7 Å². The van der Waals surface area contributed by atoms with Crippen LogP contribution in [0.25, 0.3) is 10.8 Å². The van der Waals surface area contributed by atoms with Crippen molar-refractivity contribution in [2.24, 2.45) is 0 Å². The fraction of sp³-hybridized carbons (Fsp3) is 0.208. The second kappa shape index (κ2) is 10.3. The zero-order valence-electron chi connectivity index (χ0n) is 17.1. The number of hydrogen-bond acceptors (Lipinski definition) is 4. The Balaban J connectivity index is 1.40. The molecule has 0 aliphatic rings. The third-order valence-electron chi connectivity index (χ3n) is 4.71. The van der Waals surface area contributed by atoms with Gasteiger partial charge < -0.3 is 15.4 Å². The van der Waals surface area contributed by atoms with E-state index in [0.29, 0.717) is 18.5 Å². The van der Waals surface area contributed by atoms with Gasteiger partial charge in [-0.1, -0.05) is 42.5 Å². The number of rotatable bonds is 8. The van der Waals surface area contributed by atoms with Crippen molar-refractivity contribution in [1.29, 1.82) is 0 Å². The van der Waals surface area contributed by atoms with Crippen molar-refractivity contribution in [3.8, 4) is 0 Å². The minimum absolute atomic E-state index is 0.318. The first-order chi connectivity index (χ1) is 14.9. The number of fused-ring (bicyclic) bond motifs is 1. The second-order valence-electron chi connectivity index (χ2n) is 7.04. The van der Waals surface area contributed by atoms with E-state index in [4.69, 9.17) is 4.74 Å². The summed E-state index contributed by atoms with van der Waals surface area (Å²) in [6.07, 6.45) is -0.479. The number of ether oxygens (including phenoxy) is 1. The highest BCUT2D eigenvalue weighted by atomic mass is 19.1. The fourth-order valence-electron chi connectivity index (χ4n) is 3.00. The molecule has 160 valence electrons. The van der Waals surface area contributed by atoms with Gasteiger partial charge in [0.1, 0.15) is 12.4 Å². The van der Waals surface area contributed by atoms with E-state index in [1.165, 1.54) is 19.1 Å². The van der Waals surface area contributed by atoms with E-state index in [1.54, 1.807) is 24.3 Å². The first-order valence-corrected chi connectivity index (χ1v) is 9.91. The van der Waals surface area contributed by atoms with Gasteiger partial charge in [-0.3, -0.25) is 14.4 Å². The van der Waals surface area contributed by atoms with Gasteiger partial charge in [0.15, 0.2) is 6.10 Å². The highest BCUT2D eigenvalue weighted by Gasteiger charge is 2.18. The molecule has 0 spiro atoms. The quantitative estimate of drug-likeness (QED) is 0.547. The molecular formula is C24H23FN2O4. The number of carbonyl (C=O) groups excluding carboxylic acids is 3. The molecule has 2 N–H and O–H groups in total. The Morgan fingerprint density at radius 3 is 2.39 bits per heavy atom. The number of nitrogens with one attached hydrogen (secondary N) is 2. The van der Waals surface area contributed by atoms with E-state index in [9.17, 15) is 18.8 Å². The Hall–Kier alpha value is -3.74. The van der Waals surface area contributed by atoms with E-state index < -0.39 is 23.9 Å². The summed E-state index contributed by atoms with van der Waals surface area (Å²) in [5, 5.41) is 7.09. The standard InChI is InChI=1S/C24H23FN2O4/c1-16(23(29)26-13-12-17-6-10-21(25)11-7-17)31-22(28)15-27-24(30)20-9-8-18-4-2-3-5-19(18)14-20/h2-11,14,16H,12-13,15H2,1H3,(H,26,29)(H,27,30)/t16-/m0/s1. The summed E-state index contributed by atoms with van der Waals surface area (Å²) in [6.45, 7) is 1.43. The van der Waals surface area contributed by atoms with Crippen LogP contribution in [0.3, 0.4) is 0 Å². The Bertz CT molecular complexity index is 1080. The van der Waals surface area contributed by atoms with Gasteiger partial charge >= 0.3 is 5.97 Å². The molecule has 0 aliphatic heterocycles. The molecule has 0 unspecified atom stereocenters. The van der Waals surface area contributed by atoms with Crippen LogP contribution < -0.4 is 10.6 Å². The molecule has 3 aromatic carbocycles. The predicted octanol–water partition coefficient (Wildman–Crippen LogP) is 3.00. The van der Waals surface area contributed by atoms with Crippen LogP contribution in [0.4, 0.5) is 4.39 Å². The molecule has 0 saturated heterocycles.